The van der Waals surface area contributed by atoms with Crippen molar-refractivity contribution in [1.29, 1.82) is 0 Å². The summed E-state index contributed by atoms with van der Waals surface area (Å²) in [6.45, 7) is 1.80. The van der Waals surface area contributed by atoms with Crippen molar-refractivity contribution in [1.82, 2.24) is 10.3 Å². The Hall–Kier alpha value is -4.90. The summed E-state index contributed by atoms with van der Waals surface area (Å²) < 4.78 is 5.44. The van der Waals surface area contributed by atoms with Crippen molar-refractivity contribution in [2.24, 2.45) is 0 Å². The van der Waals surface area contributed by atoms with Gasteiger partial charge in [-0.1, -0.05) is 66.2 Å². The Bertz CT molecular complexity index is 1880. The molecule has 46 heavy (non-hydrogen) atoms. The Morgan fingerprint density at radius 2 is 1.65 bits per heavy atom. The van der Waals surface area contributed by atoms with Crippen LogP contribution in [-0.4, -0.2) is 35.1 Å². The summed E-state index contributed by atoms with van der Waals surface area (Å²) in [5.74, 6) is -0.613. The summed E-state index contributed by atoms with van der Waals surface area (Å²) in [5, 5.41) is 11.0. The summed E-state index contributed by atoms with van der Waals surface area (Å²) in [7, 11) is 1.54. The van der Waals surface area contributed by atoms with E-state index >= 15 is 0 Å². The molecule has 3 amide bonds. The van der Waals surface area contributed by atoms with Crippen molar-refractivity contribution in [2.75, 3.05) is 17.7 Å². The molecule has 232 valence electrons. The maximum absolute atomic E-state index is 13.5. The predicted octanol–water partition coefficient (Wildman–Crippen LogP) is 8.00. The number of methoxy groups -OCH3 is 1. The zero-order valence-corrected chi connectivity index (χ0v) is 27.2. The fourth-order valence-corrected chi connectivity index (χ4v) is 6.05. The standard InChI is InChI=1S/C35H29ClN4O4S2/c1-22(32(41)40-35-39-30(21-45-35)23-15-17-26(36)18-16-23)46-28-13-8-12-27(20-28)37-34(43)29(19-25-11-6-7-14-31(25)44-2)38-33(42)24-9-4-3-5-10-24/h3-22H,1-2H3,(H,37,43)(H,38,42)(H,39,40,41)/b29-19+. The van der Waals surface area contributed by atoms with Crippen molar-refractivity contribution in [3.8, 4) is 17.0 Å². The van der Waals surface area contributed by atoms with Gasteiger partial charge in [0.1, 0.15) is 11.4 Å². The second-order valence-corrected chi connectivity index (χ2v) is 12.6. The van der Waals surface area contributed by atoms with Crippen LogP contribution in [-0.2, 0) is 9.59 Å². The van der Waals surface area contributed by atoms with Gasteiger partial charge >= 0.3 is 0 Å². The fourth-order valence-electron chi connectivity index (χ4n) is 4.28. The Morgan fingerprint density at radius 1 is 0.913 bits per heavy atom. The van der Waals surface area contributed by atoms with Crippen molar-refractivity contribution >= 4 is 69.3 Å². The number of hydrogen-bond acceptors (Lipinski definition) is 7. The Labute approximate surface area is 279 Å². The van der Waals surface area contributed by atoms with Gasteiger partial charge in [0.15, 0.2) is 5.13 Å². The summed E-state index contributed by atoms with van der Waals surface area (Å²) in [6.07, 6.45) is 1.57. The number of carbonyl (C=O) groups is 3. The van der Waals surface area contributed by atoms with E-state index in [0.29, 0.717) is 32.7 Å². The number of aromatic nitrogens is 1. The van der Waals surface area contributed by atoms with E-state index in [0.717, 1.165) is 16.2 Å². The zero-order chi connectivity index (χ0) is 32.5. The lowest BCUT2D eigenvalue weighted by molar-refractivity contribution is -0.115. The van der Waals surface area contributed by atoms with Gasteiger partial charge in [0.05, 0.1) is 18.1 Å². The number of benzene rings is 4. The Kier molecular flexibility index (Phi) is 10.9. The van der Waals surface area contributed by atoms with Crippen LogP contribution in [0.4, 0.5) is 10.8 Å². The molecular weight excluding hydrogens is 640 g/mol. The maximum Gasteiger partial charge on any atom is 0.272 e. The van der Waals surface area contributed by atoms with Crippen molar-refractivity contribution in [3.63, 3.8) is 0 Å². The first-order chi connectivity index (χ1) is 22.3. The van der Waals surface area contributed by atoms with Crippen LogP contribution in [0.15, 0.2) is 119 Å². The van der Waals surface area contributed by atoms with Crippen LogP contribution in [0, 0.1) is 0 Å². The molecule has 0 spiro atoms. The summed E-state index contributed by atoms with van der Waals surface area (Å²) in [6, 6.07) is 30.3. The number of nitrogens with one attached hydrogen (secondary N) is 3. The van der Waals surface area contributed by atoms with Gasteiger partial charge in [-0.05, 0) is 61.5 Å². The first kappa shape index (κ1) is 32.5. The van der Waals surface area contributed by atoms with Crippen LogP contribution in [0.25, 0.3) is 17.3 Å². The Balaban J connectivity index is 1.27. The van der Waals surface area contributed by atoms with Gasteiger partial charge in [0.25, 0.3) is 11.8 Å². The van der Waals surface area contributed by atoms with E-state index in [1.807, 2.05) is 41.8 Å². The topological polar surface area (TPSA) is 109 Å². The van der Waals surface area contributed by atoms with Gasteiger partial charge in [-0.25, -0.2) is 4.98 Å². The monoisotopic (exact) mass is 668 g/mol. The third-order valence-corrected chi connectivity index (χ3v) is 8.72. The SMILES string of the molecule is COc1ccccc1/C=C(/NC(=O)c1ccccc1)C(=O)Nc1cccc(SC(C)C(=O)Nc2nc(-c3ccc(Cl)cc3)cs2)c1. The molecule has 8 nitrogen and oxygen atoms in total. The van der Waals surface area contributed by atoms with Crippen LogP contribution in [0.1, 0.15) is 22.8 Å². The van der Waals surface area contributed by atoms with Gasteiger partial charge in [-0.15, -0.1) is 23.1 Å². The summed E-state index contributed by atoms with van der Waals surface area (Å²) in [4.78, 5) is 44.8. The van der Waals surface area contributed by atoms with Crippen LogP contribution in [0.2, 0.25) is 5.02 Å². The molecule has 0 aliphatic heterocycles. The molecular formula is C35H29ClN4O4S2. The highest BCUT2D eigenvalue weighted by molar-refractivity contribution is 8.00. The van der Waals surface area contributed by atoms with Gasteiger partial charge in [-0.3, -0.25) is 14.4 Å². The van der Waals surface area contributed by atoms with Crippen LogP contribution in [0.3, 0.4) is 0 Å². The maximum atomic E-state index is 13.5. The molecule has 0 saturated heterocycles. The molecule has 0 saturated carbocycles. The number of carbonyl (C=O) groups excluding carboxylic acids is 3. The summed E-state index contributed by atoms with van der Waals surface area (Å²) in [5.41, 5.74) is 3.21. The normalized spacial score (nSPS) is 11.8. The smallest absolute Gasteiger partial charge is 0.272 e. The predicted molar refractivity (Wildman–Crippen MR) is 186 cm³/mol. The van der Waals surface area contributed by atoms with E-state index in [1.54, 1.807) is 79.7 Å². The molecule has 0 radical (unpaired) electrons. The van der Waals surface area contributed by atoms with Gasteiger partial charge in [0, 0.05) is 37.7 Å². The molecule has 0 fully saturated rings. The highest BCUT2D eigenvalue weighted by Gasteiger charge is 2.19. The molecule has 1 heterocycles. The van der Waals surface area contributed by atoms with Gasteiger partial charge in [0.2, 0.25) is 5.91 Å². The van der Waals surface area contributed by atoms with E-state index < -0.39 is 17.1 Å². The molecule has 4 aromatic carbocycles. The summed E-state index contributed by atoms with van der Waals surface area (Å²) >= 11 is 8.66. The molecule has 0 aliphatic carbocycles. The number of thiazole rings is 1. The zero-order valence-electron chi connectivity index (χ0n) is 24.8. The molecule has 3 N–H and O–H groups in total. The first-order valence-electron chi connectivity index (χ1n) is 14.1. The molecule has 1 atom stereocenters. The molecule has 5 rings (SSSR count). The van der Waals surface area contributed by atoms with E-state index in [2.05, 4.69) is 20.9 Å². The highest BCUT2D eigenvalue weighted by Crippen LogP contribution is 2.29. The third-order valence-electron chi connectivity index (χ3n) is 6.62. The van der Waals surface area contributed by atoms with E-state index in [1.165, 1.54) is 30.2 Å². The second kappa shape index (κ2) is 15.4. The highest BCUT2D eigenvalue weighted by atomic mass is 35.5. The number of anilines is 2. The minimum Gasteiger partial charge on any atom is -0.496 e. The largest absolute Gasteiger partial charge is 0.496 e. The Morgan fingerprint density at radius 3 is 2.41 bits per heavy atom. The van der Waals surface area contributed by atoms with E-state index in [4.69, 9.17) is 16.3 Å². The lowest BCUT2D eigenvalue weighted by Gasteiger charge is -2.14. The lowest BCUT2D eigenvalue weighted by Crippen LogP contribution is -2.30. The quantitative estimate of drug-likeness (QED) is 0.0972. The number of hydrogen-bond donors (Lipinski definition) is 3. The number of amides is 3. The van der Waals surface area contributed by atoms with E-state index in [9.17, 15) is 14.4 Å². The average molecular weight is 669 g/mol. The molecule has 5 aromatic rings. The number of rotatable bonds is 11. The molecule has 0 bridgehead atoms. The molecule has 1 unspecified atom stereocenters. The van der Waals surface area contributed by atoms with Gasteiger partial charge in [-0.2, -0.15) is 0 Å². The van der Waals surface area contributed by atoms with E-state index in [-0.39, 0.29) is 11.6 Å². The third kappa shape index (κ3) is 8.63. The number of para-hydroxylation sites is 1. The number of ether oxygens (including phenoxy) is 1. The molecule has 11 heteroatoms. The second-order valence-electron chi connectivity index (χ2n) is 9.90. The van der Waals surface area contributed by atoms with Crippen molar-refractivity contribution < 1.29 is 19.1 Å². The van der Waals surface area contributed by atoms with Crippen molar-refractivity contribution in [3.05, 3.63) is 130 Å². The number of halogens is 1. The molecule has 1 aromatic heterocycles. The van der Waals surface area contributed by atoms with Gasteiger partial charge < -0.3 is 20.7 Å². The van der Waals surface area contributed by atoms with Crippen LogP contribution in [0.5, 0.6) is 5.75 Å². The van der Waals surface area contributed by atoms with Crippen LogP contribution >= 0.6 is 34.7 Å². The minimum absolute atomic E-state index is 0.0329. The van der Waals surface area contributed by atoms with Crippen LogP contribution < -0.4 is 20.7 Å². The average Bonchev–Trinajstić information content (AvgIpc) is 3.53. The minimum atomic E-state index is -0.525. The molecule has 0 aliphatic rings. The number of thioether (sulfide) groups is 1. The van der Waals surface area contributed by atoms with Crippen molar-refractivity contribution in [2.45, 2.75) is 17.1 Å². The number of nitrogens with zero attached hydrogens (tertiary/aromatic N) is 1. The lowest BCUT2D eigenvalue weighted by atomic mass is 10.1. The fraction of sp³-hybridized carbons (Fsp3) is 0.0857. The first-order valence-corrected chi connectivity index (χ1v) is 16.2.